The molecule has 21 heavy (non-hydrogen) atoms. The molecule has 2 aromatic rings. The second kappa shape index (κ2) is 6.31. The van der Waals surface area contributed by atoms with Gasteiger partial charge in [0.05, 0.1) is 31.2 Å². The van der Waals surface area contributed by atoms with Gasteiger partial charge in [-0.15, -0.1) is 0 Å². The lowest BCUT2D eigenvalue weighted by Crippen LogP contribution is -2.16. The van der Waals surface area contributed by atoms with Crippen LogP contribution in [0.4, 0.5) is 5.69 Å². The zero-order valence-electron chi connectivity index (χ0n) is 12.7. The summed E-state index contributed by atoms with van der Waals surface area (Å²) in [4.78, 5) is 4.86. The van der Waals surface area contributed by atoms with Gasteiger partial charge in [-0.25, -0.2) is 4.98 Å². The van der Waals surface area contributed by atoms with E-state index in [0.29, 0.717) is 13.2 Å². The second-order valence-electron chi connectivity index (χ2n) is 5.23. The number of anilines is 1. The van der Waals surface area contributed by atoms with E-state index in [1.54, 1.807) is 0 Å². The fraction of sp³-hybridized carbons (Fsp3) is 0.471. The normalized spacial score (nSPS) is 14.0. The molecule has 0 saturated carbocycles. The molecule has 1 aromatic carbocycles. The largest absolute Gasteiger partial charge is 0.492 e. The summed E-state index contributed by atoms with van der Waals surface area (Å²) in [6, 6.07) is 6.13. The molecule has 0 amide bonds. The molecule has 1 N–H and O–H groups in total. The standard InChI is InChI=1S/C17H22N2O2/c1-3-9-18-16-12-6-5-7-15(21-4-2)17(12)19-14-8-10-20-11-13(14)16/h5-7H,3-4,8-11H2,1-2H3,(H,18,19). The number of aromatic nitrogens is 1. The maximum Gasteiger partial charge on any atom is 0.145 e. The summed E-state index contributed by atoms with van der Waals surface area (Å²) < 4.78 is 11.4. The molecule has 112 valence electrons. The van der Waals surface area contributed by atoms with Crippen LogP contribution in [0.2, 0.25) is 0 Å². The first-order valence-corrected chi connectivity index (χ1v) is 7.74. The highest BCUT2D eigenvalue weighted by Crippen LogP contribution is 2.35. The minimum absolute atomic E-state index is 0.642. The molecule has 3 rings (SSSR count). The number of rotatable bonds is 5. The van der Waals surface area contributed by atoms with E-state index in [2.05, 4.69) is 18.3 Å². The van der Waals surface area contributed by atoms with Crippen molar-refractivity contribution in [2.75, 3.05) is 25.1 Å². The van der Waals surface area contributed by atoms with Crippen molar-refractivity contribution in [2.45, 2.75) is 33.3 Å². The van der Waals surface area contributed by atoms with Gasteiger partial charge in [-0.05, 0) is 19.4 Å². The molecule has 4 nitrogen and oxygen atoms in total. The molecule has 4 heteroatoms. The van der Waals surface area contributed by atoms with Crippen LogP contribution < -0.4 is 10.1 Å². The minimum Gasteiger partial charge on any atom is -0.492 e. The van der Waals surface area contributed by atoms with Gasteiger partial charge in [-0.1, -0.05) is 19.1 Å². The first kappa shape index (κ1) is 14.1. The molecule has 1 aliphatic heterocycles. The van der Waals surface area contributed by atoms with E-state index in [1.165, 1.54) is 5.56 Å². The SMILES string of the molecule is CCCNc1c2c(nc3c(OCC)cccc13)CCOC2. The third kappa shape index (κ3) is 2.68. The van der Waals surface area contributed by atoms with Crippen LogP contribution in [0.3, 0.4) is 0 Å². The Morgan fingerprint density at radius 3 is 3.05 bits per heavy atom. The molecule has 2 heterocycles. The van der Waals surface area contributed by atoms with E-state index in [1.807, 2.05) is 19.1 Å². The number of nitrogens with zero attached hydrogens (tertiary/aromatic N) is 1. The van der Waals surface area contributed by atoms with Crippen molar-refractivity contribution in [1.82, 2.24) is 4.98 Å². The molecule has 0 bridgehead atoms. The summed E-state index contributed by atoms with van der Waals surface area (Å²) in [7, 11) is 0. The molecule has 0 unspecified atom stereocenters. The first-order valence-electron chi connectivity index (χ1n) is 7.74. The van der Waals surface area contributed by atoms with Crippen LogP contribution in [0.25, 0.3) is 10.9 Å². The van der Waals surface area contributed by atoms with Crippen LogP contribution in [-0.4, -0.2) is 24.7 Å². The molecule has 0 aliphatic carbocycles. The van der Waals surface area contributed by atoms with Gasteiger partial charge in [0.2, 0.25) is 0 Å². The van der Waals surface area contributed by atoms with Crippen LogP contribution in [-0.2, 0) is 17.8 Å². The van der Waals surface area contributed by atoms with Gasteiger partial charge in [0.15, 0.2) is 0 Å². The first-order chi connectivity index (χ1) is 10.3. The van der Waals surface area contributed by atoms with Gasteiger partial charge < -0.3 is 14.8 Å². The highest BCUT2D eigenvalue weighted by molar-refractivity contribution is 5.96. The van der Waals surface area contributed by atoms with Gasteiger partial charge in [-0.3, -0.25) is 0 Å². The molecule has 1 aromatic heterocycles. The summed E-state index contributed by atoms with van der Waals surface area (Å²) in [5.74, 6) is 0.865. The van der Waals surface area contributed by atoms with E-state index in [4.69, 9.17) is 14.5 Å². The van der Waals surface area contributed by atoms with Crippen molar-refractivity contribution in [3.63, 3.8) is 0 Å². The molecule has 0 saturated heterocycles. The number of fused-ring (bicyclic) bond motifs is 2. The maximum atomic E-state index is 5.75. The van der Waals surface area contributed by atoms with Crippen molar-refractivity contribution in [1.29, 1.82) is 0 Å². The fourth-order valence-corrected chi connectivity index (χ4v) is 2.78. The number of hydrogen-bond acceptors (Lipinski definition) is 4. The van der Waals surface area contributed by atoms with Crippen LogP contribution in [0, 0.1) is 0 Å². The van der Waals surface area contributed by atoms with E-state index in [9.17, 15) is 0 Å². The lowest BCUT2D eigenvalue weighted by Gasteiger charge is -2.22. The summed E-state index contributed by atoms with van der Waals surface area (Å²) in [6.07, 6.45) is 1.96. The predicted molar refractivity (Wildman–Crippen MR) is 85.1 cm³/mol. The highest BCUT2D eigenvalue weighted by atomic mass is 16.5. The predicted octanol–water partition coefficient (Wildman–Crippen LogP) is 3.53. The van der Waals surface area contributed by atoms with Crippen LogP contribution in [0.5, 0.6) is 5.75 Å². The Morgan fingerprint density at radius 1 is 1.33 bits per heavy atom. The van der Waals surface area contributed by atoms with Crippen molar-refractivity contribution in [3.8, 4) is 5.75 Å². The van der Waals surface area contributed by atoms with Crippen molar-refractivity contribution in [2.24, 2.45) is 0 Å². The second-order valence-corrected chi connectivity index (χ2v) is 5.23. The van der Waals surface area contributed by atoms with Crippen molar-refractivity contribution >= 4 is 16.6 Å². The average molecular weight is 286 g/mol. The molecule has 0 spiro atoms. The zero-order valence-corrected chi connectivity index (χ0v) is 12.7. The summed E-state index contributed by atoms with van der Waals surface area (Å²) in [5.41, 5.74) is 4.46. The van der Waals surface area contributed by atoms with Crippen LogP contribution >= 0.6 is 0 Å². The Labute approximate surface area is 125 Å². The number of pyridine rings is 1. The fourth-order valence-electron chi connectivity index (χ4n) is 2.78. The summed E-state index contributed by atoms with van der Waals surface area (Å²) in [6.45, 7) is 7.16. The van der Waals surface area contributed by atoms with Crippen LogP contribution in [0.1, 0.15) is 31.5 Å². The van der Waals surface area contributed by atoms with Gasteiger partial charge >= 0.3 is 0 Å². The van der Waals surface area contributed by atoms with Gasteiger partial charge in [0.1, 0.15) is 11.3 Å². The smallest absolute Gasteiger partial charge is 0.145 e. The monoisotopic (exact) mass is 286 g/mol. The van der Waals surface area contributed by atoms with Crippen molar-refractivity contribution in [3.05, 3.63) is 29.5 Å². The maximum absolute atomic E-state index is 5.75. The van der Waals surface area contributed by atoms with Gasteiger partial charge in [0.25, 0.3) is 0 Å². The topological polar surface area (TPSA) is 43.4 Å². The molecular weight excluding hydrogens is 264 g/mol. The molecule has 0 radical (unpaired) electrons. The average Bonchev–Trinajstić information content (AvgIpc) is 2.52. The van der Waals surface area contributed by atoms with E-state index < -0.39 is 0 Å². The Hall–Kier alpha value is -1.81. The zero-order chi connectivity index (χ0) is 14.7. The number of para-hydroxylation sites is 1. The Bertz CT molecular complexity index is 640. The number of nitrogens with one attached hydrogen (secondary N) is 1. The Kier molecular flexibility index (Phi) is 4.25. The van der Waals surface area contributed by atoms with E-state index in [-0.39, 0.29) is 0 Å². The quantitative estimate of drug-likeness (QED) is 0.913. The number of hydrogen-bond donors (Lipinski definition) is 1. The Balaban J connectivity index is 2.20. The summed E-state index contributed by atoms with van der Waals surface area (Å²) in [5, 5.41) is 4.68. The molecule has 0 atom stereocenters. The summed E-state index contributed by atoms with van der Waals surface area (Å²) >= 11 is 0. The van der Waals surface area contributed by atoms with E-state index >= 15 is 0 Å². The lowest BCUT2D eigenvalue weighted by molar-refractivity contribution is 0.110. The van der Waals surface area contributed by atoms with E-state index in [0.717, 1.165) is 54.0 Å². The van der Waals surface area contributed by atoms with Crippen molar-refractivity contribution < 1.29 is 9.47 Å². The number of ether oxygens (including phenoxy) is 2. The van der Waals surface area contributed by atoms with Crippen LogP contribution in [0.15, 0.2) is 18.2 Å². The molecule has 0 fully saturated rings. The van der Waals surface area contributed by atoms with Gasteiger partial charge in [0, 0.05) is 23.9 Å². The Morgan fingerprint density at radius 2 is 2.24 bits per heavy atom. The minimum atomic E-state index is 0.642. The highest BCUT2D eigenvalue weighted by Gasteiger charge is 2.19. The molecule has 1 aliphatic rings. The van der Waals surface area contributed by atoms with Gasteiger partial charge in [-0.2, -0.15) is 0 Å². The third-order valence-corrected chi connectivity index (χ3v) is 3.75. The third-order valence-electron chi connectivity index (χ3n) is 3.75. The number of benzene rings is 1. The molecular formula is C17H22N2O2. The lowest BCUT2D eigenvalue weighted by atomic mass is 10.0.